The summed E-state index contributed by atoms with van der Waals surface area (Å²) in [4.78, 5) is 11.9. The number of carbonyl (C=O) groups is 1. The second-order valence-corrected chi connectivity index (χ2v) is 5.05. The highest BCUT2D eigenvalue weighted by Crippen LogP contribution is 2.25. The van der Waals surface area contributed by atoms with Crippen LogP contribution in [0.4, 0.5) is 5.82 Å². The molecule has 5 nitrogen and oxygen atoms in total. The molecule has 0 radical (unpaired) electrons. The van der Waals surface area contributed by atoms with Gasteiger partial charge < -0.3 is 10.4 Å². The summed E-state index contributed by atoms with van der Waals surface area (Å²) in [6.07, 6.45) is 2.72. The number of hydrogen-bond donors (Lipinski definition) is 2. The maximum atomic E-state index is 11.9. The minimum Gasteiger partial charge on any atom is -0.394 e. The van der Waals surface area contributed by atoms with Crippen LogP contribution in [0.2, 0.25) is 0 Å². The number of hydrogen-bond acceptors (Lipinski definition) is 3. The molecule has 5 heteroatoms. The molecule has 0 aliphatic heterocycles. The fraction of sp³-hybridized carbons (Fsp3) is 0.294. The Kier molecular flexibility index (Phi) is 5.49. The lowest BCUT2D eigenvalue weighted by molar-refractivity contribution is -0.116. The smallest absolute Gasteiger partial charge is 0.225 e. The first kappa shape index (κ1) is 16.0. The van der Waals surface area contributed by atoms with Crippen molar-refractivity contribution in [2.75, 3.05) is 11.9 Å². The standard InChI is InChI=1S/C17H21N3O2/c1-3-4-9-17(22)18-16-12-15(19-20(16)10-11-21)14-8-6-5-7-13(14)2/h3,5-8,12,21H,1,4,9-11H2,2H3,(H,18,22). The Balaban J connectivity index is 2.27. The van der Waals surface area contributed by atoms with E-state index in [0.29, 0.717) is 25.2 Å². The lowest BCUT2D eigenvalue weighted by atomic mass is 10.1. The molecule has 1 aromatic carbocycles. The van der Waals surface area contributed by atoms with Crippen molar-refractivity contribution in [1.29, 1.82) is 0 Å². The molecule has 2 N–H and O–H groups in total. The number of carbonyl (C=O) groups excluding carboxylic acids is 1. The van der Waals surface area contributed by atoms with Crippen LogP contribution in [0.15, 0.2) is 43.0 Å². The van der Waals surface area contributed by atoms with E-state index in [1.807, 2.05) is 37.3 Å². The van der Waals surface area contributed by atoms with Crippen LogP contribution in [0.3, 0.4) is 0 Å². The summed E-state index contributed by atoms with van der Waals surface area (Å²) in [6.45, 7) is 5.93. The summed E-state index contributed by atoms with van der Waals surface area (Å²) in [7, 11) is 0. The van der Waals surface area contributed by atoms with E-state index in [1.54, 1.807) is 10.8 Å². The third-order valence-electron chi connectivity index (χ3n) is 3.36. The number of allylic oxidation sites excluding steroid dienone is 1. The van der Waals surface area contributed by atoms with E-state index < -0.39 is 0 Å². The first-order chi connectivity index (χ1) is 10.7. The molecule has 0 saturated carbocycles. The molecule has 0 unspecified atom stereocenters. The second-order valence-electron chi connectivity index (χ2n) is 5.05. The fourth-order valence-corrected chi connectivity index (χ4v) is 2.21. The Morgan fingerprint density at radius 2 is 2.23 bits per heavy atom. The number of benzene rings is 1. The van der Waals surface area contributed by atoms with Crippen LogP contribution in [0, 0.1) is 6.92 Å². The number of nitrogens with one attached hydrogen (secondary N) is 1. The second kappa shape index (κ2) is 7.56. The predicted octanol–water partition coefficient (Wildman–Crippen LogP) is 2.76. The first-order valence-electron chi connectivity index (χ1n) is 7.31. The molecular weight excluding hydrogens is 278 g/mol. The maximum Gasteiger partial charge on any atom is 0.225 e. The topological polar surface area (TPSA) is 67.2 Å². The van der Waals surface area contributed by atoms with Gasteiger partial charge in [-0.3, -0.25) is 4.79 Å². The van der Waals surface area contributed by atoms with Crippen molar-refractivity contribution in [3.05, 3.63) is 48.6 Å². The van der Waals surface area contributed by atoms with Gasteiger partial charge in [0.15, 0.2) is 0 Å². The molecule has 0 atom stereocenters. The number of amides is 1. The van der Waals surface area contributed by atoms with E-state index in [0.717, 1.165) is 16.8 Å². The summed E-state index contributed by atoms with van der Waals surface area (Å²) >= 11 is 0. The number of aryl methyl sites for hydroxylation is 1. The van der Waals surface area contributed by atoms with Crippen LogP contribution in [-0.4, -0.2) is 27.4 Å². The number of aromatic nitrogens is 2. The van der Waals surface area contributed by atoms with Gasteiger partial charge in [0.05, 0.1) is 18.8 Å². The Morgan fingerprint density at radius 3 is 2.91 bits per heavy atom. The minimum atomic E-state index is -0.0877. The molecular formula is C17H21N3O2. The molecule has 2 rings (SSSR count). The largest absolute Gasteiger partial charge is 0.394 e. The molecule has 0 aliphatic carbocycles. The lowest BCUT2D eigenvalue weighted by Crippen LogP contribution is -2.16. The Morgan fingerprint density at radius 1 is 1.45 bits per heavy atom. The lowest BCUT2D eigenvalue weighted by Gasteiger charge is -2.06. The number of rotatable bonds is 7. The zero-order chi connectivity index (χ0) is 15.9. The van der Waals surface area contributed by atoms with Crippen LogP contribution in [-0.2, 0) is 11.3 Å². The molecule has 1 amide bonds. The highest BCUT2D eigenvalue weighted by atomic mass is 16.3. The van der Waals surface area contributed by atoms with E-state index in [2.05, 4.69) is 17.0 Å². The Bertz CT molecular complexity index is 662. The average Bonchev–Trinajstić information content (AvgIpc) is 2.88. The van der Waals surface area contributed by atoms with E-state index in [4.69, 9.17) is 5.11 Å². The zero-order valence-electron chi connectivity index (χ0n) is 12.7. The fourth-order valence-electron chi connectivity index (χ4n) is 2.21. The SMILES string of the molecule is C=CCCC(=O)Nc1cc(-c2ccccc2C)nn1CCO. The summed E-state index contributed by atoms with van der Waals surface area (Å²) in [6, 6.07) is 9.77. The summed E-state index contributed by atoms with van der Waals surface area (Å²) in [5, 5.41) is 16.5. The highest BCUT2D eigenvalue weighted by molar-refractivity contribution is 5.90. The van der Waals surface area contributed by atoms with Gasteiger partial charge >= 0.3 is 0 Å². The molecule has 22 heavy (non-hydrogen) atoms. The van der Waals surface area contributed by atoms with E-state index in [-0.39, 0.29) is 12.5 Å². The first-order valence-corrected chi connectivity index (χ1v) is 7.31. The van der Waals surface area contributed by atoms with Crippen molar-refractivity contribution in [3.8, 4) is 11.3 Å². The molecule has 0 bridgehead atoms. The van der Waals surface area contributed by atoms with Crippen LogP contribution in [0.5, 0.6) is 0 Å². The molecule has 1 aromatic heterocycles. The third kappa shape index (κ3) is 3.83. The summed E-state index contributed by atoms with van der Waals surface area (Å²) in [5.74, 6) is 0.511. The number of aliphatic hydroxyl groups is 1. The van der Waals surface area contributed by atoms with E-state index in [9.17, 15) is 4.79 Å². The van der Waals surface area contributed by atoms with Gasteiger partial charge in [-0.1, -0.05) is 30.3 Å². The molecule has 116 valence electrons. The summed E-state index contributed by atoms with van der Waals surface area (Å²) in [5.41, 5.74) is 2.91. The van der Waals surface area contributed by atoms with Gasteiger partial charge in [-0.05, 0) is 18.9 Å². The number of aliphatic hydroxyl groups excluding tert-OH is 1. The van der Waals surface area contributed by atoms with Crippen molar-refractivity contribution >= 4 is 11.7 Å². The average molecular weight is 299 g/mol. The van der Waals surface area contributed by atoms with Gasteiger partial charge in [0, 0.05) is 18.1 Å². The number of nitrogens with zero attached hydrogens (tertiary/aromatic N) is 2. The van der Waals surface area contributed by atoms with Crippen LogP contribution >= 0.6 is 0 Å². The highest BCUT2D eigenvalue weighted by Gasteiger charge is 2.12. The van der Waals surface area contributed by atoms with Crippen LogP contribution in [0.25, 0.3) is 11.3 Å². The Hall–Kier alpha value is -2.40. The number of anilines is 1. The zero-order valence-corrected chi connectivity index (χ0v) is 12.7. The molecule has 2 aromatic rings. The molecule has 1 heterocycles. The van der Waals surface area contributed by atoms with Crippen molar-refractivity contribution in [1.82, 2.24) is 9.78 Å². The van der Waals surface area contributed by atoms with Gasteiger partial charge in [0.2, 0.25) is 5.91 Å². The van der Waals surface area contributed by atoms with Gasteiger partial charge in [0.25, 0.3) is 0 Å². The van der Waals surface area contributed by atoms with Gasteiger partial charge in [-0.25, -0.2) is 4.68 Å². The van der Waals surface area contributed by atoms with Crippen molar-refractivity contribution in [2.45, 2.75) is 26.3 Å². The quantitative estimate of drug-likeness (QED) is 0.773. The van der Waals surface area contributed by atoms with Crippen molar-refractivity contribution in [2.24, 2.45) is 0 Å². The summed E-state index contributed by atoms with van der Waals surface area (Å²) < 4.78 is 1.62. The maximum absolute atomic E-state index is 11.9. The van der Waals surface area contributed by atoms with Crippen LogP contribution < -0.4 is 5.32 Å². The van der Waals surface area contributed by atoms with Gasteiger partial charge in [0.1, 0.15) is 5.82 Å². The predicted molar refractivity (Wildman–Crippen MR) is 87.5 cm³/mol. The van der Waals surface area contributed by atoms with Gasteiger partial charge in [-0.2, -0.15) is 5.10 Å². The molecule has 0 fully saturated rings. The van der Waals surface area contributed by atoms with Crippen LogP contribution in [0.1, 0.15) is 18.4 Å². The van der Waals surface area contributed by atoms with E-state index >= 15 is 0 Å². The van der Waals surface area contributed by atoms with E-state index in [1.165, 1.54) is 0 Å². The molecule has 0 saturated heterocycles. The third-order valence-corrected chi connectivity index (χ3v) is 3.36. The molecule has 0 aliphatic rings. The normalized spacial score (nSPS) is 10.5. The minimum absolute atomic E-state index is 0.0373. The molecule has 0 spiro atoms. The Labute approximate surface area is 130 Å². The van der Waals surface area contributed by atoms with Gasteiger partial charge in [-0.15, -0.1) is 6.58 Å². The monoisotopic (exact) mass is 299 g/mol. The van der Waals surface area contributed by atoms with Crippen molar-refractivity contribution in [3.63, 3.8) is 0 Å². The van der Waals surface area contributed by atoms with Crippen molar-refractivity contribution < 1.29 is 9.90 Å².